The van der Waals surface area contributed by atoms with Crippen LogP contribution in [0.4, 0.5) is 0 Å². The Morgan fingerprint density at radius 2 is 2.21 bits per heavy atom. The Balaban J connectivity index is 1.79. The van der Waals surface area contributed by atoms with Gasteiger partial charge in [-0.25, -0.2) is 0 Å². The molecule has 2 unspecified atom stereocenters. The molecule has 2 rings (SSSR count). The molecule has 0 aromatic carbocycles. The molecule has 0 bridgehead atoms. The Bertz CT molecular complexity index is 228. The van der Waals surface area contributed by atoms with E-state index in [9.17, 15) is 4.79 Å². The van der Waals surface area contributed by atoms with Gasteiger partial charge in [0.1, 0.15) is 6.10 Å². The molecule has 2 aliphatic rings. The molecule has 2 aliphatic heterocycles. The number of carbonyl (C=O) groups is 1. The zero-order valence-corrected chi connectivity index (χ0v) is 10.00. The first-order valence-corrected chi connectivity index (χ1v) is 6.33. The molecule has 0 N–H and O–H groups in total. The van der Waals surface area contributed by atoms with Crippen LogP contribution in [0.25, 0.3) is 0 Å². The summed E-state index contributed by atoms with van der Waals surface area (Å²) in [6.45, 7) is 3.83. The molecule has 0 aliphatic carbocycles. The number of amides is 1. The maximum absolute atomic E-state index is 11.8. The molecule has 0 saturated carbocycles. The lowest BCUT2D eigenvalue weighted by Gasteiger charge is -2.39. The van der Waals surface area contributed by atoms with Gasteiger partial charge in [0.05, 0.1) is 6.10 Å². The van der Waals surface area contributed by atoms with Gasteiger partial charge in [0, 0.05) is 24.3 Å². The van der Waals surface area contributed by atoms with E-state index in [4.69, 9.17) is 4.74 Å². The van der Waals surface area contributed by atoms with E-state index in [0.29, 0.717) is 5.92 Å². The number of likely N-dealkylation sites (tertiary alicyclic amines) is 1. The summed E-state index contributed by atoms with van der Waals surface area (Å²) in [5.41, 5.74) is 0. The van der Waals surface area contributed by atoms with Gasteiger partial charge in [0.25, 0.3) is 5.91 Å². The number of carbonyl (C=O) groups excluding carboxylic acids is 1. The standard InChI is InChI=1S/C10H16BrNO2/c1-7-2-3-9(14-7)10(13)12-5-8(4-11)6-12/h7-9H,2-6H2,1H3. The number of ether oxygens (including phenoxy) is 1. The van der Waals surface area contributed by atoms with Crippen LogP contribution in [0.5, 0.6) is 0 Å². The van der Waals surface area contributed by atoms with Crippen molar-refractivity contribution in [1.29, 1.82) is 0 Å². The lowest BCUT2D eigenvalue weighted by Crippen LogP contribution is -2.53. The second kappa shape index (κ2) is 4.19. The third-order valence-corrected chi connectivity index (χ3v) is 3.91. The van der Waals surface area contributed by atoms with Gasteiger partial charge in [-0.3, -0.25) is 4.79 Å². The van der Waals surface area contributed by atoms with Crippen LogP contribution in [-0.4, -0.2) is 41.4 Å². The Labute approximate surface area is 92.9 Å². The van der Waals surface area contributed by atoms with Crippen LogP contribution in [0, 0.1) is 5.92 Å². The molecule has 2 saturated heterocycles. The third kappa shape index (κ3) is 1.96. The van der Waals surface area contributed by atoms with Crippen molar-refractivity contribution in [2.45, 2.75) is 32.0 Å². The Hall–Kier alpha value is -0.0900. The fraction of sp³-hybridized carbons (Fsp3) is 0.900. The lowest BCUT2D eigenvalue weighted by molar-refractivity contribution is -0.148. The molecular weight excluding hydrogens is 246 g/mol. The number of halogens is 1. The SMILES string of the molecule is CC1CCC(C(=O)N2CC(CBr)C2)O1. The highest BCUT2D eigenvalue weighted by atomic mass is 79.9. The first-order chi connectivity index (χ1) is 6.70. The molecule has 0 spiro atoms. The zero-order chi connectivity index (χ0) is 10.1. The topological polar surface area (TPSA) is 29.5 Å². The highest BCUT2D eigenvalue weighted by molar-refractivity contribution is 9.09. The fourth-order valence-corrected chi connectivity index (χ4v) is 2.44. The summed E-state index contributed by atoms with van der Waals surface area (Å²) in [5.74, 6) is 0.851. The number of hydrogen-bond acceptors (Lipinski definition) is 2. The minimum Gasteiger partial charge on any atom is -0.365 e. The summed E-state index contributed by atoms with van der Waals surface area (Å²) >= 11 is 3.43. The highest BCUT2D eigenvalue weighted by Crippen LogP contribution is 2.25. The van der Waals surface area contributed by atoms with E-state index < -0.39 is 0 Å². The van der Waals surface area contributed by atoms with Crippen LogP contribution in [0.1, 0.15) is 19.8 Å². The Morgan fingerprint density at radius 3 is 2.71 bits per heavy atom. The minimum atomic E-state index is -0.152. The zero-order valence-electron chi connectivity index (χ0n) is 8.41. The van der Waals surface area contributed by atoms with Crippen molar-refractivity contribution >= 4 is 21.8 Å². The average Bonchev–Trinajstić information content (AvgIpc) is 2.49. The van der Waals surface area contributed by atoms with Gasteiger partial charge in [-0.15, -0.1) is 0 Å². The smallest absolute Gasteiger partial charge is 0.251 e. The maximum Gasteiger partial charge on any atom is 0.251 e. The monoisotopic (exact) mass is 261 g/mol. The van der Waals surface area contributed by atoms with Gasteiger partial charge >= 0.3 is 0 Å². The van der Waals surface area contributed by atoms with Crippen molar-refractivity contribution in [2.24, 2.45) is 5.92 Å². The van der Waals surface area contributed by atoms with Gasteiger partial charge in [-0.1, -0.05) is 15.9 Å². The largest absolute Gasteiger partial charge is 0.365 e. The molecule has 0 aromatic rings. The molecule has 2 atom stereocenters. The first kappa shape index (κ1) is 10.4. The summed E-state index contributed by atoms with van der Waals surface area (Å²) < 4.78 is 5.55. The van der Waals surface area contributed by atoms with Gasteiger partial charge < -0.3 is 9.64 Å². The molecule has 80 valence electrons. The Morgan fingerprint density at radius 1 is 1.50 bits per heavy atom. The fourth-order valence-electron chi connectivity index (χ4n) is 2.04. The molecule has 2 fully saturated rings. The van der Waals surface area contributed by atoms with E-state index in [1.54, 1.807) is 0 Å². The summed E-state index contributed by atoms with van der Waals surface area (Å²) in [6.07, 6.45) is 2.03. The Kier molecular flexibility index (Phi) is 3.12. The van der Waals surface area contributed by atoms with Crippen molar-refractivity contribution < 1.29 is 9.53 Å². The summed E-state index contributed by atoms with van der Waals surface area (Å²) in [7, 11) is 0. The lowest BCUT2D eigenvalue weighted by atomic mass is 10.0. The van der Waals surface area contributed by atoms with Crippen molar-refractivity contribution in [1.82, 2.24) is 4.90 Å². The van der Waals surface area contributed by atoms with E-state index in [1.165, 1.54) is 0 Å². The maximum atomic E-state index is 11.8. The average molecular weight is 262 g/mol. The van der Waals surface area contributed by atoms with Crippen LogP contribution < -0.4 is 0 Å². The van der Waals surface area contributed by atoms with E-state index in [2.05, 4.69) is 15.9 Å². The first-order valence-electron chi connectivity index (χ1n) is 5.21. The highest BCUT2D eigenvalue weighted by Gasteiger charge is 2.37. The number of rotatable bonds is 2. The predicted octanol–water partition coefficient (Wildman–Crippen LogP) is 1.41. The summed E-state index contributed by atoms with van der Waals surface area (Å²) in [6, 6.07) is 0. The van der Waals surface area contributed by atoms with Gasteiger partial charge in [-0.05, 0) is 19.8 Å². The van der Waals surface area contributed by atoms with Crippen LogP contribution >= 0.6 is 15.9 Å². The quantitative estimate of drug-likeness (QED) is 0.704. The normalized spacial score (nSPS) is 33.1. The number of alkyl halides is 1. The molecular formula is C10H16BrNO2. The predicted molar refractivity (Wildman–Crippen MR) is 57.4 cm³/mol. The van der Waals surface area contributed by atoms with Crippen molar-refractivity contribution in [3.63, 3.8) is 0 Å². The second-order valence-corrected chi connectivity index (χ2v) is 4.92. The molecule has 4 heteroatoms. The molecule has 2 heterocycles. The van der Waals surface area contributed by atoms with Crippen molar-refractivity contribution in [2.75, 3.05) is 18.4 Å². The third-order valence-electron chi connectivity index (χ3n) is 2.99. The van der Waals surface area contributed by atoms with Crippen LogP contribution in [0.2, 0.25) is 0 Å². The van der Waals surface area contributed by atoms with Gasteiger partial charge in [0.2, 0.25) is 0 Å². The second-order valence-electron chi connectivity index (χ2n) is 4.28. The van der Waals surface area contributed by atoms with E-state index in [0.717, 1.165) is 31.3 Å². The van der Waals surface area contributed by atoms with Crippen molar-refractivity contribution in [3.05, 3.63) is 0 Å². The van der Waals surface area contributed by atoms with E-state index in [-0.39, 0.29) is 18.1 Å². The molecule has 0 radical (unpaired) electrons. The minimum absolute atomic E-state index is 0.152. The summed E-state index contributed by atoms with van der Waals surface area (Å²) in [4.78, 5) is 13.7. The van der Waals surface area contributed by atoms with Gasteiger partial charge in [-0.2, -0.15) is 0 Å². The van der Waals surface area contributed by atoms with E-state index >= 15 is 0 Å². The van der Waals surface area contributed by atoms with Crippen LogP contribution in [0.15, 0.2) is 0 Å². The van der Waals surface area contributed by atoms with Crippen LogP contribution in [0.3, 0.4) is 0 Å². The molecule has 14 heavy (non-hydrogen) atoms. The molecule has 3 nitrogen and oxygen atoms in total. The molecule has 0 aromatic heterocycles. The van der Waals surface area contributed by atoms with Crippen LogP contribution in [-0.2, 0) is 9.53 Å². The molecule has 1 amide bonds. The van der Waals surface area contributed by atoms with Crippen molar-refractivity contribution in [3.8, 4) is 0 Å². The number of hydrogen-bond donors (Lipinski definition) is 0. The summed E-state index contributed by atoms with van der Waals surface area (Å²) in [5, 5.41) is 0.999. The van der Waals surface area contributed by atoms with E-state index in [1.807, 2.05) is 11.8 Å². The number of nitrogens with zero attached hydrogens (tertiary/aromatic N) is 1. The van der Waals surface area contributed by atoms with Gasteiger partial charge in [0.15, 0.2) is 0 Å².